The van der Waals surface area contributed by atoms with E-state index in [0.29, 0.717) is 33.9 Å². The van der Waals surface area contributed by atoms with Crippen molar-refractivity contribution in [2.24, 2.45) is 10.2 Å². The molecule has 0 bridgehead atoms. The smallest absolute Gasteiger partial charge is 0.856 e. The molecule has 0 atom stereocenters. The van der Waals surface area contributed by atoms with E-state index in [1.54, 1.807) is 13.1 Å². The minimum atomic E-state index is -1.08. The Labute approximate surface area is 218 Å². The maximum absolute atomic E-state index is 13.3. The van der Waals surface area contributed by atoms with Gasteiger partial charge < -0.3 is 20.0 Å². The minimum absolute atomic E-state index is 0. The monoisotopic (exact) mass is 534 g/mol. The molecule has 189 valence electrons. The Morgan fingerprint density at radius 2 is 1.47 bits per heavy atom. The van der Waals surface area contributed by atoms with Gasteiger partial charge in [0.1, 0.15) is 5.71 Å². The fraction of sp³-hybridized carbons (Fsp3) is 0.154. The SMILES string of the molecule is CC(=O)[O-].Cc1c[nH]c(/C([O-])=N/N=C(\c2ccccc2)c2c(C)[nH]n(-c3ccccc3)c2=O)c1C.[Cu+2]. The van der Waals surface area contributed by atoms with Gasteiger partial charge in [-0.05, 0) is 51.0 Å². The fourth-order valence-corrected chi connectivity index (χ4v) is 3.39. The first kappa shape index (κ1) is 28.1. The number of para-hydroxylation sites is 1. The van der Waals surface area contributed by atoms with Crippen LogP contribution in [0.1, 0.15) is 40.6 Å². The second-order valence-electron chi connectivity index (χ2n) is 7.77. The summed E-state index contributed by atoms with van der Waals surface area (Å²) in [6.45, 7) is 6.54. The Morgan fingerprint density at radius 3 is 2.00 bits per heavy atom. The minimum Gasteiger partial charge on any atom is -0.856 e. The number of nitrogens with zero attached hydrogens (tertiary/aromatic N) is 3. The number of carboxylic acid groups (broad SMARTS) is 1. The molecule has 0 aliphatic rings. The van der Waals surface area contributed by atoms with Gasteiger partial charge in [-0.3, -0.25) is 9.89 Å². The van der Waals surface area contributed by atoms with Gasteiger partial charge in [-0.2, -0.15) is 10.2 Å². The molecule has 9 nitrogen and oxygen atoms in total. The van der Waals surface area contributed by atoms with Gasteiger partial charge in [-0.1, -0.05) is 48.5 Å². The largest absolute Gasteiger partial charge is 2.00 e. The normalized spacial score (nSPS) is 11.3. The second-order valence-corrected chi connectivity index (χ2v) is 7.77. The molecule has 2 aromatic heterocycles. The summed E-state index contributed by atoms with van der Waals surface area (Å²) in [4.78, 5) is 25.1. The molecule has 1 radical (unpaired) electrons. The standard InChI is InChI=1S/C24H23N5O2.C2H4O2.Cu/c1-15-14-25-21(16(15)2)23(30)27-26-22(18-10-6-4-7-11-18)20-17(3)28-29(24(20)31)19-12-8-5-9-13-19;1-2(3)4;/h4-14,25,28H,1-3H3,(H,27,30);1H3,(H,3,4);/q;;+2/p-2/b26-22+;;. The maximum atomic E-state index is 13.3. The van der Waals surface area contributed by atoms with Crippen LogP contribution >= 0.6 is 0 Å². The third kappa shape index (κ3) is 6.50. The fourth-order valence-electron chi connectivity index (χ4n) is 3.39. The average molecular weight is 535 g/mol. The van der Waals surface area contributed by atoms with Gasteiger partial charge in [0.25, 0.3) is 5.56 Å². The van der Waals surface area contributed by atoms with Gasteiger partial charge in [0.05, 0.1) is 16.9 Å². The van der Waals surface area contributed by atoms with E-state index in [4.69, 9.17) is 9.90 Å². The van der Waals surface area contributed by atoms with Gasteiger partial charge >= 0.3 is 17.1 Å². The molecular formula is C26H25CuN5O4. The summed E-state index contributed by atoms with van der Waals surface area (Å²) >= 11 is 0. The quantitative estimate of drug-likeness (QED) is 0.174. The topological polar surface area (TPSA) is 141 Å². The molecule has 2 heterocycles. The number of aliphatic carboxylic acids is 1. The van der Waals surface area contributed by atoms with E-state index < -0.39 is 11.9 Å². The Bertz CT molecular complexity index is 1430. The third-order valence-electron chi connectivity index (χ3n) is 5.22. The number of aromatic nitrogens is 3. The van der Waals surface area contributed by atoms with Crippen molar-refractivity contribution in [1.29, 1.82) is 0 Å². The van der Waals surface area contributed by atoms with Gasteiger partial charge in [-0.25, -0.2) is 4.68 Å². The number of hydrogen-bond acceptors (Lipinski definition) is 6. The molecule has 0 spiro atoms. The predicted octanol–water partition coefficient (Wildman–Crippen LogP) is 1.73. The molecule has 4 rings (SSSR count). The number of rotatable bonds is 5. The van der Waals surface area contributed by atoms with Crippen LogP contribution in [0.5, 0.6) is 0 Å². The van der Waals surface area contributed by atoms with Crippen LogP contribution in [0.3, 0.4) is 0 Å². The van der Waals surface area contributed by atoms with E-state index in [9.17, 15) is 9.90 Å². The van der Waals surface area contributed by atoms with Gasteiger partial charge in [0.2, 0.25) is 0 Å². The zero-order chi connectivity index (χ0) is 25.5. The molecule has 0 fully saturated rings. The van der Waals surface area contributed by atoms with Gasteiger partial charge in [0.15, 0.2) is 0 Å². The summed E-state index contributed by atoms with van der Waals surface area (Å²) in [6.07, 6.45) is 1.76. The van der Waals surface area contributed by atoms with E-state index in [-0.39, 0.29) is 22.6 Å². The Kier molecular flexibility index (Phi) is 9.78. The van der Waals surface area contributed by atoms with Crippen molar-refractivity contribution in [3.05, 3.63) is 111 Å². The molecule has 4 aromatic rings. The molecule has 0 aliphatic heterocycles. The molecule has 2 N–H and O–H groups in total. The van der Waals surface area contributed by atoms with E-state index in [2.05, 4.69) is 20.3 Å². The molecular weight excluding hydrogens is 510 g/mol. The van der Waals surface area contributed by atoms with Crippen molar-refractivity contribution in [2.45, 2.75) is 27.7 Å². The number of aryl methyl sites for hydroxylation is 2. The Morgan fingerprint density at radius 1 is 0.917 bits per heavy atom. The van der Waals surface area contributed by atoms with E-state index in [0.717, 1.165) is 18.1 Å². The first-order chi connectivity index (χ1) is 16.7. The van der Waals surface area contributed by atoms with Crippen molar-refractivity contribution in [3.63, 3.8) is 0 Å². The molecule has 0 saturated carbocycles. The van der Waals surface area contributed by atoms with Crippen LogP contribution in [-0.2, 0) is 21.9 Å². The number of H-pyrrole nitrogens is 2. The summed E-state index contributed by atoms with van der Waals surface area (Å²) in [5.41, 5.74) is 4.66. The maximum Gasteiger partial charge on any atom is 2.00 e. The second kappa shape index (κ2) is 12.5. The molecule has 0 saturated heterocycles. The molecule has 0 unspecified atom stereocenters. The number of nitrogens with one attached hydrogen (secondary N) is 2. The molecule has 10 heteroatoms. The van der Waals surface area contributed by atoms with Crippen molar-refractivity contribution in [3.8, 4) is 5.69 Å². The summed E-state index contributed by atoms with van der Waals surface area (Å²) in [6, 6.07) is 18.5. The van der Waals surface area contributed by atoms with E-state index in [1.165, 1.54) is 4.68 Å². The Hall–Kier alpha value is -4.14. The third-order valence-corrected chi connectivity index (χ3v) is 5.22. The first-order valence-electron chi connectivity index (χ1n) is 10.8. The molecule has 2 aromatic carbocycles. The van der Waals surface area contributed by atoms with Crippen LogP contribution in [-0.4, -0.2) is 32.3 Å². The van der Waals surface area contributed by atoms with Gasteiger partial charge in [0, 0.05) is 29.3 Å². The van der Waals surface area contributed by atoms with E-state index >= 15 is 0 Å². The van der Waals surface area contributed by atoms with Crippen LogP contribution < -0.4 is 15.8 Å². The van der Waals surface area contributed by atoms with Crippen LogP contribution in [0.15, 0.2) is 81.9 Å². The van der Waals surface area contributed by atoms with Crippen LogP contribution in [0, 0.1) is 20.8 Å². The zero-order valence-corrected chi connectivity index (χ0v) is 21.1. The van der Waals surface area contributed by atoms with Crippen LogP contribution in [0.2, 0.25) is 0 Å². The van der Waals surface area contributed by atoms with Crippen LogP contribution in [0.4, 0.5) is 0 Å². The number of carbonyl (C=O) groups is 1. The summed E-state index contributed by atoms with van der Waals surface area (Å²) < 4.78 is 1.46. The van der Waals surface area contributed by atoms with Crippen molar-refractivity contribution < 1.29 is 32.1 Å². The number of aromatic amines is 2. The molecule has 0 aliphatic carbocycles. The van der Waals surface area contributed by atoms with Crippen molar-refractivity contribution in [1.82, 2.24) is 14.8 Å². The number of carboxylic acids is 1. The summed E-state index contributed by atoms with van der Waals surface area (Å²) in [5.74, 6) is -1.57. The van der Waals surface area contributed by atoms with Gasteiger partial charge in [-0.15, -0.1) is 0 Å². The predicted molar refractivity (Wildman–Crippen MR) is 131 cm³/mol. The van der Waals surface area contributed by atoms with Crippen molar-refractivity contribution in [2.75, 3.05) is 0 Å². The molecule has 36 heavy (non-hydrogen) atoms. The summed E-state index contributed by atoms with van der Waals surface area (Å²) in [7, 11) is 0. The Balaban J connectivity index is 0.000000850. The van der Waals surface area contributed by atoms with Crippen LogP contribution in [0.25, 0.3) is 5.69 Å². The summed E-state index contributed by atoms with van der Waals surface area (Å²) in [5, 5.41) is 32.8. The van der Waals surface area contributed by atoms with Crippen molar-refractivity contribution >= 4 is 17.6 Å². The van der Waals surface area contributed by atoms with E-state index in [1.807, 2.05) is 74.5 Å². The number of carbonyl (C=O) groups excluding carboxylic acids is 1. The zero-order valence-electron chi connectivity index (χ0n) is 20.1. The molecule has 0 amide bonds. The number of hydrogen-bond donors (Lipinski definition) is 2. The first-order valence-corrected chi connectivity index (χ1v) is 10.8. The average Bonchev–Trinajstić information content (AvgIpc) is 3.33. The number of benzene rings is 2.